The number of rotatable bonds is 6. The standard InChI is InChI=1S/C20H23N3O5S/c1-28-19-8-3-2-7-18(19)22-11-13-23(14-12-22)29(26,27)17-6-4-5-16(15-17)9-10-20(24)21-25/h2-10,15,25H,11-14H2,1H3,(H,21,24). The molecule has 1 aliphatic heterocycles. The van der Waals surface area contributed by atoms with Crippen LogP contribution in [0.25, 0.3) is 6.08 Å². The lowest BCUT2D eigenvalue weighted by atomic mass is 10.2. The summed E-state index contributed by atoms with van der Waals surface area (Å²) in [5.74, 6) is 0.0703. The SMILES string of the molecule is COc1ccccc1N1CCN(S(=O)(=O)c2cccc(C=CC(=O)NO)c2)CC1. The van der Waals surface area contributed by atoms with E-state index in [9.17, 15) is 13.2 Å². The van der Waals surface area contributed by atoms with Gasteiger partial charge < -0.3 is 9.64 Å². The molecule has 9 heteroatoms. The number of hydrogen-bond acceptors (Lipinski definition) is 6. The van der Waals surface area contributed by atoms with Crippen molar-refractivity contribution >= 4 is 27.7 Å². The molecule has 1 aliphatic rings. The maximum absolute atomic E-state index is 13.0. The number of amides is 1. The van der Waals surface area contributed by atoms with Gasteiger partial charge in [0.05, 0.1) is 17.7 Å². The Morgan fingerprint density at radius 2 is 1.83 bits per heavy atom. The first-order valence-electron chi connectivity index (χ1n) is 9.06. The molecule has 0 atom stereocenters. The summed E-state index contributed by atoms with van der Waals surface area (Å²) in [7, 11) is -2.04. The number of ether oxygens (including phenoxy) is 1. The largest absolute Gasteiger partial charge is 0.495 e. The number of hydroxylamine groups is 1. The minimum Gasteiger partial charge on any atom is -0.495 e. The fourth-order valence-electron chi connectivity index (χ4n) is 3.20. The van der Waals surface area contributed by atoms with Crippen LogP contribution in [0.1, 0.15) is 5.56 Å². The van der Waals surface area contributed by atoms with Gasteiger partial charge in [-0.2, -0.15) is 4.31 Å². The molecule has 0 spiro atoms. The average Bonchev–Trinajstić information content (AvgIpc) is 2.77. The highest BCUT2D eigenvalue weighted by Crippen LogP contribution is 2.29. The summed E-state index contributed by atoms with van der Waals surface area (Å²) in [6, 6.07) is 14.0. The number of benzene rings is 2. The van der Waals surface area contributed by atoms with Crippen molar-refractivity contribution in [2.45, 2.75) is 4.90 Å². The number of carbonyl (C=O) groups excluding carboxylic acids is 1. The van der Waals surface area contributed by atoms with Crippen molar-refractivity contribution in [3.05, 3.63) is 60.2 Å². The summed E-state index contributed by atoms with van der Waals surface area (Å²) < 4.78 is 32.9. The third-order valence-corrected chi connectivity index (χ3v) is 6.59. The first kappa shape index (κ1) is 20.8. The average molecular weight is 417 g/mol. The van der Waals surface area contributed by atoms with E-state index < -0.39 is 15.9 Å². The summed E-state index contributed by atoms with van der Waals surface area (Å²) in [5, 5.41) is 8.54. The van der Waals surface area contributed by atoms with E-state index in [1.165, 1.54) is 28.0 Å². The van der Waals surface area contributed by atoms with Crippen LogP contribution in [-0.4, -0.2) is 57.1 Å². The van der Waals surface area contributed by atoms with Crippen molar-refractivity contribution in [3.63, 3.8) is 0 Å². The van der Waals surface area contributed by atoms with Crippen molar-refractivity contribution < 1.29 is 23.2 Å². The molecule has 0 saturated carbocycles. The number of carbonyl (C=O) groups is 1. The highest BCUT2D eigenvalue weighted by atomic mass is 32.2. The second kappa shape index (κ2) is 9.08. The van der Waals surface area contributed by atoms with E-state index in [2.05, 4.69) is 4.90 Å². The molecule has 29 heavy (non-hydrogen) atoms. The van der Waals surface area contributed by atoms with Gasteiger partial charge in [0.15, 0.2) is 0 Å². The maximum atomic E-state index is 13.0. The molecule has 0 aliphatic carbocycles. The highest BCUT2D eigenvalue weighted by Gasteiger charge is 2.29. The molecule has 2 N–H and O–H groups in total. The van der Waals surface area contributed by atoms with E-state index in [1.54, 1.807) is 19.2 Å². The van der Waals surface area contributed by atoms with Gasteiger partial charge in [-0.15, -0.1) is 0 Å². The predicted octanol–water partition coefficient (Wildman–Crippen LogP) is 1.72. The maximum Gasteiger partial charge on any atom is 0.267 e. The van der Waals surface area contributed by atoms with Crippen molar-refractivity contribution in [2.24, 2.45) is 0 Å². The normalized spacial score (nSPS) is 15.4. The number of nitrogens with one attached hydrogen (secondary N) is 1. The molecule has 1 heterocycles. The van der Waals surface area contributed by atoms with E-state index in [0.29, 0.717) is 31.7 Å². The summed E-state index contributed by atoms with van der Waals surface area (Å²) in [6.07, 6.45) is 2.56. The number of sulfonamides is 1. The van der Waals surface area contributed by atoms with Crippen LogP contribution in [-0.2, 0) is 14.8 Å². The van der Waals surface area contributed by atoms with Gasteiger partial charge in [-0.25, -0.2) is 13.9 Å². The Morgan fingerprint density at radius 1 is 1.10 bits per heavy atom. The first-order valence-corrected chi connectivity index (χ1v) is 10.5. The zero-order valence-electron chi connectivity index (χ0n) is 16.0. The Morgan fingerprint density at radius 3 is 2.52 bits per heavy atom. The molecule has 3 rings (SSSR count). The van der Waals surface area contributed by atoms with E-state index in [0.717, 1.165) is 17.5 Å². The lowest BCUT2D eigenvalue weighted by Gasteiger charge is -2.36. The second-order valence-electron chi connectivity index (χ2n) is 6.44. The molecule has 1 fully saturated rings. The lowest BCUT2D eigenvalue weighted by molar-refractivity contribution is -0.124. The predicted molar refractivity (Wildman–Crippen MR) is 109 cm³/mol. The molecule has 1 saturated heterocycles. The van der Waals surface area contributed by atoms with Crippen molar-refractivity contribution in [1.29, 1.82) is 0 Å². The molecule has 1 amide bonds. The molecular weight excluding hydrogens is 394 g/mol. The monoisotopic (exact) mass is 417 g/mol. The van der Waals surface area contributed by atoms with Gasteiger partial charge in [0.2, 0.25) is 10.0 Å². The second-order valence-corrected chi connectivity index (χ2v) is 8.38. The van der Waals surface area contributed by atoms with Gasteiger partial charge in [0.1, 0.15) is 5.75 Å². The van der Waals surface area contributed by atoms with Crippen molar-refractivity contribution in [2.75, 3.05) is 38.2 Å². The number of para-hydroxylation sites is 2. The molecule has 0 unspecified atom stereocenters. The molecule has 2 aromatic carbocycles. The van der Waals surface area contributed by atoms with E-state index in [4.69, 9.17) is 9.94 Å². The smallest absolute Gasteiger partial charge is 0.267 e. The summed E-state index contributed by atoms with van der Waals surface area (Å²) in [4.78, 5) is 13.4. The van der Waals surface area contributed by atoms with Crippen LogP contribution >= 0.6 is 0 Å². The minimum atomic E-state index is -3.66. The van der Waals surface area contributed by atoms with E-state index >= 15 is 0 Å². The minimum absolute atomic E-state index is 0.162. The van der Waals surface area contributed by atoms with Gasteiger partial charge in [0.25, 0.3) is 5.91 Å². The van der Waals surface area contributed by atoms with Gasteiger partial charge in [-0.05, 0) is 35.9 Å². The molecule has 0 radical (unpaired) electrons. The van der Waals surface area contributed by atoms with E-state index in [1.807, 2.05) is 24.3 Å². The van der Waals surface area contributed by atoms with Crippen molar-refractivity contribution in [1.82, 2.24) is 9.79 Å². The lowest BCUT2D eigenvalue weighted by Crippen LogP contribution is -2.48. The zero-order chi connectivity index (χ0) is 20.9. The number of piperazine rings is 1. The Kier molecular flexibility index (Phi) is 6.53. The topological polar surface area (TPSA) is 99.2 Å². The molecular formula is C20H23N3O5S. The van der Waals surface area contributed by atoms with Crippen LogP contribution in [0, 0.1) is 0 Å². The number of hydrogen-bond donors (Lipinski definition) is 2. The highest BCUT2D eigenvalue weighted by molar-refractivity contribution is 7.89. The van der Waals surface area contributed by atoms with E-state index in [-0.39, 0.29) is 4.90 Å². The fourth-order valence-corrected chi connectivity index (χ4v) is 4.68. The molecule has 2 aromatic rings. The third kappa shape index (κ3) is 4.76. The quantitative estimate of drug-likeness (QED) is 0.422. The molecule has 0 aromatic heterocycles. The van der Waals surface area contributed by atoms with Gasteiger partial charge in [-0.1, -0.05) is 24.3 Å². The van der Waals surface area contributed by atoms with Crippen LogP contribution in [0.4, 0.5) is 5.69 Å². The van der Waals surface area contributed by atoms with Crippen LogP contribution in [0.15, 0.2) is 59.5 Å². The number of methoxy groups -OCH3 is 1. The molecule has 0 bridgehead atoms. The Hall–Kier alpha value is -2.88. The van der Waals surface area contributed by atoms with Crippen molar-refractivity contribution in [3.8, 4) is 5.75 Å². The van der Waals surface area contributed by atoms with Crippen LogP contribution in [0.2, 0.25) is 0 Å². The first-order chi connectivity index (χ1) is 14.0. The summed E-state index contributed by atoms with van der Waals surface area (Å²) >= 11 is 0. The molecule has 154 valence electrons. The van der Waals surface area contributed by atoms with Crippen LogP contribution in [0.5, 0.6) is 5.75 Å². The van der Waals surface area contributed by atoms with Gasteiger partial charge >= 0.3 is 0 Å². The van der Waals surface area contributed by atoms with Crippen LogP contribution in [0.3, 0.4) is 0 Å². The number of anilines is 1. The van der Waals surface area contributed by atoms with Gasteiger partial charge in [0, 0.05) is 32.3 Å². The Balaban J connectivity index is 1.73. The third-order valence-electron chi connectivity index (χ3n) is 4.70. The van der Waals surface area contributed by atoms with Crippen LogP contribution < -0.4 is 15.1 Å². The summed E-state index contributed by atoms with van der Waals surface area (Å²) in [5.41, 5.74) is 2.98. The summed E-state index contributed by atoms with van der Waals surface area (Å²) in [6.45, 7) is 1.81. The fraction of sp³-hybridized carbons (Fsp3) is 0.250. The Labute approximate surface area is 170 Å². The Bertz CT molecular complexity index is 999. The van der Waals surface area contributed by atoms with Gasteiger partial charge in [-0.3, -0.25) is 10.0 Å². The zero-order valence-corrected chi connectivity index (χ0v) is 16.8. The number of nitrogens with zero attached hydrogens (tertiary/aromatic N) is 2. The molecule has 8 nitrogen and oxygen atoms in total.